The topological polar surface area (TPSA) is 135 Å². The zero-order chi connectivity index (χ0) is 32.3. The maximum Gasteiger partial charge on any atom is 0.237 e. The highest BCUT2D eigenvalue weighted by Gasteiger charge is 2.43. The zero-order valence-corrected chi connectivity index (χ0v) is 28.9. The Hall–Kier alpha value is -0.680. The van der Waals surface area contributed by atoms with Crippen molar-refractivity contribution in [2.24, 2.45) is 11.8 Å². The van der Waals surface area contributed by atoms with Gasteiger partial charge in [0.25, 0.3) is 0 Å². The first-order valence-electron chi connectivity index (χ1n) is 17.7. The zero-order valence-electron chi connectivity index (χ0n) is 28.1. The van der Waals surface area contributed by atoms with Crippen molar-refractivity contribution in [2.75, 3.05) is 85.5 Å². The van der Waals surface area contributed by atoms with Crippen LogP contribution in [0.5, 0.6) is 0 Å². The first-order valence-corrected chi connectivity index (χ1v) is 18.2. The van der Waals surface area contributed by atoms with Gasteiger partial charge in [-0.3, -0.25) is 35.9 Å². The van der Waals surface area contributed by atoms with Gasteiger partial charge in [-0.05, 0) is 58.4 Å². The fourth-order valence-corrected chi connectivity index (χ4v) is 8.61. The quantitative estimate of drug-likeness (QED) is 0.152. The molecule has 5 aliphatic heterocycles. The van der Waals surface area contributed by atoms with Crippen molar-refractivity contribution in [3.63, 3.8) is 0 Å². The number of alkyl halides is 1. The predicted molar refractivity (Wildman–Crippen MR) is 176 cm³/mol. The molecule has 1 amide bonds. The van der Waals surface area contributed by atoms with E-state index in [0.29, 0.717) is 57.4 Å². The van der Waals surface area contributed by atoms with Crippen LogP contribution in [0.2, 0.25) is 0 Å². The molecule has 6 fully saturated rings. The summed E-state index contributed by atoms with van der Waals surface area (Å²) in [6.45, 7) is 16.7. The molecule has 264 valence electrons. The van der Waals surface area contributed by atoms with Crippen molar-refractivity contribution in [2.45, 2.75) is 100 Å². The highest BCUT2D eigenvalue weighted by Crippen LogP contribution is 2.40. The lowest BCUT2D eigenvalue weighted by molar-refractivity contribution is -0.126. The van der Waals surface area contributed by atoms with Gasteiger partial charge < -0.3 is 29.5 Å². The van der Waals surface area contributed by atoms with Crippen LogP contribution in [0, 0.1) is 11.8 Å². The molecule has 1 aliphatic carbocycles. The minimum Gasteiger partial charge on any atom is -0.390 e. The number of rotatable bonds is 11. The van der Waals surface area contributed by atoms with Crippen molar-refractivity contribution >= 4 is 17.5 Å². The van der Waals surface area contributed by atoms with E-state index in [1.807, 2.05) is 0 Å². The standard InChI is InChI=1S/C32H59ClN8O5/c1-32(2,3)41-10-8-40(9-11-41)31-37-26(12-28(38-31)36-22-17-44-18-22)30(43)35-13-23(42)16-39-7-6-25-21(15-39)4-5-27(29(25)33)45-19-24-14-34-20-46-24/h21-29,31,34,36-38,42H,4-20H2,1-3H3,(H,35,43)/t21?,23-,24?,25?,26?,27?,28?,29?,31?/m0/s1. The molecule has 5 saturated heterocycles. The van der Waals surface area contributed by atoms with E-state index in [1.54, 1.807) is 0 Å². The number of piperidine rings is 1. The van der Waals surface area contributed by atoms with E-state index in [0.717, 1.165) is 65.1 Å². The molecular weight excluding hydrogens is 612 g/mol. The molecule has 1 saturated carbocycles. The van der Waals surface area contributed by atoms with Gasteiger partial charge in [0.05, 0.1) is 68.5 Å². The maximum absolute atomic E-state index is 13.5. The summed E-state index contributed by atoms with van der Waals surface area (Å²) in [4.78, 5) is 20.7. The van der Waals surface area contributed by atoms with Gasteiger partial charge in [0.15, 0.2) is 0 Å². The number of nitrogens with zero attached hydrogens (tertiary/aromatic N) is 3. The number of carbonyl (C=O) groups is 1. The van der Waals surface area contributed by atoms with Gasteiger partial charge in [0.2, 0.25) is 5.91 Å². The highest BCUT2D eigenvalue weighted by molar-refractivity contribution is 6.21. The van der Waals surface area contributed by atoms with E-state index in [4.69, 9.17) is 25.8 Å². The Morgan fingerprint density at radius 2 is 1.91 bits per heavy atom. The minimum atomic E-state index is -0.629. The minimum absolute atomic E-state index is 0.00191. The number of nitrogens with one attached hydrogen (secondary N) is 5. The summed E-state index contributed by atoms with van der Waals surface area (Å²) < 4.78 is 17.2. The van der Waals surface area contributed by atoms with Crippen LogP contribution >= 0.6 is 11.6 Å². The number of fused-ring (bicyclic) bond motifs is 1. The molecule has 0 aromatic heterocycles. The normalized spacial score (nSPS) is 37.8. The predicted octanol–water partition coefficient (Wildman–Crippen LogP) is -0.900. The Labute approximate surface area is 280 Å². The van der Waals surface area contributed by atoms with Gasteiger partial charge in [-0.2, -0.15) is 0 Å². The van der Waals surface area contributed by atoms with Gasteiger partial charge in [0.1, 0.15) is 6.29 Å². The Morgan fingerprint density at radius 3 is 2.61 bits per heavy atom. The number of ether oxygens (including phenoxy) is 3. The number of piperazine rings is 1. The second-order valence-electron chi connectivity index (χ2n) is 15.3. The third-order valence-corrected chi connectivity index (χ3v) is 11.5. The first-order chi connectivity index (χ1) is 22.1. The van der Waals surface area contributed by atoms with Gasteiger partial charge in [0, 0.05) is 64.3 Å². The number of aliphatic hydroxyl groups excluding tert-OH is 1. The molecule has 9 atom stereocenters. The average Bonchev–Trinajstić information content (AvgIpc) is 3.55. The van der Waals surface area contributed by atoms with Crippen LogP contribution in [0.4, 0.5) is 0 Å². The van der Waals surface area contributed by atoms with Crippen LogP contribution in [0.15, 0.2) is 0 Å². The lowest BCUT2D eigenvalue weighted by atomic mass is 9.73. The van der Waals surface area contributed by atoms with E-state index in [-0.39, 0.29) is 54.1 Å². The average molecular weight is 671 g/mol. The lowest BCUT2D eigenvalue weighted by Gasteiger charge is -2.48. The van der Waals surface area contributed by atoms with E-state index in [2.05, 4.69) is 62.1 Å². The number of aliphatic hydroxyl groups is 1. The molecule has 5 heterocycles. The number of hydrogen-bond acceptors (Lipinski definition) is 12. The van der Waals surface area contributed by atoms with E-state index >= 15 is 0 Å². The fourth-order valence-electron chi connectivity index (χ4n) is 8.08. The Bertz CT molecular complexity index is 977. The summed E-state index contributed by atoms with van der Waals surface area (Å²) in [6, 6.07) is -0.0488. The van der Waals surface area contributed by atoms with Crippen molar-refractivity contribution < 1.29 is 24.1 Å². The summed E-state index contributed by atoms with van der Waals surface area (Å²) in [5.41, 5.74) is 0.149. The number of likely N-dealkylation sites (tertiary alicyclic amines) is 1. The molecule has 13 nitrogen and oxygen atoms in total. The van der Waals surface area contributed by atoms with Crippen molar-refractivity contribution in [3.8, 4) is 0 Å². The molecule has 0 radical (unpaired) electrons. The molecule has 46 heavy (non-hydrogen) atoms. The van der Waals surface area contributed by atoms with Crippen molar-refractivity contribution in [3.05, 3.63) is 0 Å². The summed E-state index contributed by atoms with van der Waals surface area (Å²) in [5.74, 6) is 0.879. The van der Waals surface area contributed by atoms with Crippen LogP contribution in [0.25, 0.3) is 0 Å². The largest absolute Gasteiger partial charge is 0.390 e. The van der Waals surface area contributed by atoms with Gasteiger partial charge in [-0.25, -0.2) is 0 Å². The SMILES string of the molecule is CC(C)(C)N1CCN(C2NC(NC3COC3)CC(C(=O)NC[C@H](O)CN3CCC4C(CCC(OCC5CNCO5)C4Cl)C3)N2)CC1. The number of amides is 1. The molecule has 14 heteroatoms. The second-order valence-corrected chi connectivity index (χ2v) is 15.8. The fraction of sp³-hybridized carbons (Fsp3) is 0.969. The Morgan fingerprint density at radius 1 is 1.11 bits per heavy atom. The Balaban J connectivity index is 0.941. The molecule has 8 unspecified atom stereocenters. The number of hydrogen-bond donors (Lipinski definition) is 6. The molecule has 0 aromatic carbocycles. The van der Waals surface area contributed by atoms with E-state index < -0.39 is 6.10 Å². The van der Waals surface area contributed by atoms with Gasteiger partial charge in [-0.1, -0.05) is 0 Å². The van der Waals surface area contributed by atoms with Crippen LogP contribution in [0.1, 0.15) is 46.5 Å². The van der Waals surface area contributed by atoms with Gasteiger partial charge in [-0.15, -0.1) is 11.6 Å². The van der Waals surface area contributed by atoms with E-state index in [1.165, 1.54) is 0 Å². The van der Waals surface area contributed by atoms with Crippen LogP contribution in [-0.4, -0.2) is 165 Å². The third kappa shape index (κ3) is 9.10. The van der Waals surface area contributed by atoms with Crippen molar-refractivity contribution in [1.29, 1.82) is 0 Å². The summed E-state index contributed by atoms with van der Waals surface area (Å²) >= 11 is 6.96. The molecular formula is C32H59ClN8O5. The molecule has 0 aromatic rings. The van der Waals surface area contributed by atoms with Crippen LogP contribution in [0.3, 0.4) is 0 Å². The molecule has 0 bridgehead atoms. The number of carbonyl (C=O) groups excluding carboxylic acids is 1. The van der Waals surface area contributed by atoms with E-state index in [9.17, 15) is 9.90 Å². The smallest absolute Gasteiger partial charge is 0.237 e. The second kappa shape index (κ2) is 15.9. The molecule has 6 N–H and O–H groups in total. The highest BCUT2D eigenvalue weighted by atomic mass is 35.5. The Kier molecular flexibility index (Phi) is 12.2. The molecule has 6 rings (SSSR count). The van der Waals surface area contributed by atoms with Crippen molar-refractivity contribution in [1.82, 2.24) is 41.3 Å². The monoisotopic (exact) mass is 670 g/mol. The third-order valence-electron chi connectivity index (χ3n) is 10.9. The number of β-amino-alcohol motifs (C(OH)–C–C–N with tert-alkyl or cyclic N) is 1. The molecule has 6 aliphatic rings. The molecule has 0 spiro atoms. The lowest BCUT2D eigenvalue weighted by Crippen LogP contribution is -2.73. The van der Waals surface area contributed by atoms with Crippen LogP contribution < -0.4 is 26.6 Å². The maximum atomic E-state index is 13.5. The summed E-state index contributed by atoms with van der Waals surface area (Å²) in [7, 11) is 0. The summed E-state index contributed by atoms with van der Waals surface area (Å²) in [5, 5.41) is 28.2. The summed E-state index contributed by atoms with van der Waals surface area (Å²) in [6.07, 6.45) is 3.14. The first kappa shape index (κ1) is 35.2. The van der Waals surface area contributed by atoms with Crippen LogP contribution in [-0.2, 0) is 19.0 Å². The van der Waals surface area contributed by atoms with Gasteiger partial charge >= 0.3 is 0 Å². The number of halogens is 1.